The summed E-state index contributed by atoms with van der Waals surface area (Å²) in [5.74, 6) is 0. The smallest absolute Gasteiger partial charge is 0.203 e. The second kappa shape index (κ2) is 6.70. The van der Waals surface area contributed by atoms with Crippen molar-refractivity contribution in [2.75, 3.05) is 14.1 Å². The third-order valence-electron chi connectivity index (χ3n) is 5.13. The predicted octanol–water partition coefficient (Wildman–Crippen LogP) is 4.05. The molecule has 3 nitrogen and oxygen atoms in total. The molecule has 0 aromatic heterocycles. The van der Waals surface area contributed by atoms with Gasteiger partial charge >= 0.3 is 0 Å². The van der Waals surface area contributed by atoms with Crippen LogP contribution in [-0.2, 0) is 22.8 Å². The Morgan fingerprint density at radius 3 is 2.23 bits per heavy atom. The highest BCUT2D eigenvalue weighted by atomic mass is 32.5. The van der Waals surface area contributed by atoms with Gasteiger partial charge in [-0.2, -0.15) is 0 Å². The minimum absolute atomic E-state index is 0.151. The first-order chi connectivity index (χ1) is 10.5. The molecular weight excluding hydrogens is 311 g/mol. The maximum atomic E-state index is 6.50. The Morgan fingerprint density at radius 2 is 1.68 bits per heavy atom. The molecule has 2 fully saturated rings. The standard InChI is InChI=1S/C17H27N2OPS/c1-14(13-15-9-5-4-6-10-15)20-21(22)18(2)16-11-7-8-12-17(16)19(21)3/h4-6,9-10,14,16-17H,7-8,11-13H2,1-3H3/t14-,16+,17+/m0/s1. The minimum atomic E-state index is -2.05. The van der Waals surface area contributed by atoms with Crippen LogP contribution in [0.5, 0.6) is 0 Å². The number of likely N-dealkylation sites (N-methyl/N-ethyl adjacent to an activating group) is 2. The Morgan fingerprint density at radius 1 is 1.14 bits per heavy atom. The Labute approximate surface area is 139 Å². The van der Waals surface area contributed by atoms with Crippen molar-refractivity contribution >= 4 is 18.4 Å². The largest absolute Gasteiger partial charge is 0.323 e. The van der Waals surface area contributed by atoms with E-state index in [1.54, 1.807) is 0 Å². The Kier molecular flexibility index (Phi) is 5.06. The monoisotopic (exact) mass is 338 g/mol. The number of hydrogen-bond donors (Lipinski definition) is 0. The van der Waals surface area contributed by atoms with Gasteiger partial charge in [0, 0.05) is 12.1 Å². The summed E-state index contributed by atoms with van der Waals surface area (Å²) in [6, 6.07) is 11.7. The lowest BCUT2D eigenvalue weighted by atomic mass is 9.91. The van der Waals surface area contributed by atoms with Gasteiger partial charge in [0.05, 0.1) is 6.10 Å². The minimum Gasteiger partial charge on any atom is -0.323 e. The lowest BCUT2D eigenvalue weighted by Crippen LogP contribution is -2.37. The van der Waals surface area contributed by atoms with E-state index in [4.69, 9.17) is 16.3 Å². The number of nitrogens with zero attached hydrogens (tertiary/aromatic N) is 2. The van der Waals surface area contributed by atoms with Gasteiger partial charge < -0.3 is 4.52 Å². The molecule has 122 valence electrons. The van der Waals surface area contributed by atoms with E-state index in [1.165, 1.54) is 31.2 Å². The first-order valence-corrected chi connectivity index (χ1v) is 10.9. The normalized spacial score (nSPS) is 30.1. The molecule has 1 aliphatic heterocycles. The molecule has 2 aliphatic rings. The summed E-state index contributed by atoms with van der Waals surface area (Å²) in [5, 5.41) is 0. The highest BCUT2D eigenvalue weighted by molar-refractivity contribution is 8.10. The molecule has 0 N–H and O–H groups in total. The van der Waals surface area contributed by atoms with Crippen molar-refractivity contribution in [2.24, 2.45) is 0 Å². The van der Waals surface area contributed by atoms with Gasteiger partial charge in [0.1, 0.15) is 0 Å². The van der Waals surface area contributed by atoms with Crippen LogP contribution in [-0.4, -0.2) is 41.6 Å². The molecule has 0 unspecified atom stereocenters. The van der Waals surface area contributed by atoms with Crippen molar-refractivity contribution in [3.05, 3.63) is 35.9 Å². The Balaban J connectivity index is 1.71. The second-order valence-corrected chi connectivity index (χ2v) is 10.5. The highest BCUT2D eigenvalue weighted by Gasteiger charge is 2.49. The first-order valence-electron chi connectivity index (χ1n) is 8.31. The van der Waals surface area contributed by atoms with E-state index in [0.717, 1.165) is 6.42 Å². The summed E-state index contributed by atoms with van der Waals surface area (Å²) in [5.41, 5.74) is 1.32. The van der Waals surface area contributed by atoms with E-state index in [2.05, 4.69) is 60.7 Å². The molecule has 0 spiro atoms. The van der Waals surface area contributed by atoms with Crippen LogP contribution in [0.15, 0.2) is 30.3 Å². The fourth-order valence-corrected chi connectivity index (χ4v) is 7.67. The van der Waals surface area contributed by atoms with Crippen molar-refractivity contribution in [1.29, 1.82) is 0 Å². The van der Waals surface area contributed by atoms with Crippen molar-refractivity contribution in [3.63, 3.8) is 0 Å². The van der Waals surface area contributed by atoms with Crippen LogP contribution in [0.3, 0.4) is 0 Å². The second-order valence-electron chi connectivity index (χ2n) is 6.66. The van der Waals surface area contributed by atoms with E-state index in [1.807, 2.05) is 0 Å². The lowest BCUT2D eigenvalue weighted by molar-refractivity contribution is 0.217. The van der Waals surface area contributed by atoms with Gasteiger partial charge in [-0.3, -0.25) is 0 Å². The molecular formula is C17H27N2OPS. The van der Waals surface area contributed by atoms with Gasteiger partial charge in [-0.15, -0.1) is 0 Å². The van der Waals surface area contributed by atoms with Crippen LogP contribution in [0.25, 0.3) is 0 Å². The number of rotatable bonds is 4. The summed E-state index contributed by atoms with van der Waals surface area (Å²) in [4.78, 5) is 0. The number of benzene rings is 1. The van der Waals surface area contributed by atoms with Crippen LogP contribution >= 0.6 is 6.57 Å². The van der Waals surface area contributed by atoms with Gasteiger partial charge in [-0.25, -0.2) is 9.34 Å². The van der Waals surface area contributed by atoms with Gasteiger partial charge in [0.15, 0.2) is 0 Å². The molecule has 1 aromatic rings. The zero-order valence-corrected chi connectivity index (χ0v) is 15.5. The highest BCUT2D eigenvalue weighted by Crippen LogP contribution is 2.63. The molecule has 0 amide bonds. The van der Waals surface area contributed by atoms with Gasteiger partial charge in [-0.1, -0.05) is 43.2 Å². The van der Waals surface area contributed by atoms with Crippen molar-refractivity contribution < 1.29 is 4.52 Å². The lowest BCUT2D eigenvalue weighted by Gasteiger charge is -2.33. The zero-order chi connectivity index (χ0) is 15.7. The van der Waals surface area contributed by atoms with E-state index >= 15 is 0 Å². The number of hydrogen-bond acceptors (Lipinski definition) is 2. The molecule has 1 aromatic carbocycles. The zero-order valence-electron chi connectivity index (χ0n) is 13.8. The molecule has 1 aliphatic carbocycles. The fourth-order valence-electron chi connectivity index (χ4n) is 3.93. The van der Waals surface area contributed by atoms with Crippen molar-refractivity contribution in [1.82, 2.24) is 9.34 Å². The molecule has 0 bridgehead atoms. The van der Waals surface area contributed by atoms with E-state index in [9.17, 15) is 0 Å². The first kappa shape index (κ1) is 16.6. The summed E-state index contributed by atoms with van der Waals surface area (Å²) >= 11 is 6.06. The molecule has 3 atom stereocenters. The maximum absolute atomic E-state index is 6.50. The van der Waals surface area contributed by atoms with Crippen molar-refractivity contribution in [2.45, 2.75) is 57.2 Å². The molecule has 1 heterocycles. The average Bonchev–Trinajstić information content (AvgIpc) is 2.71. The van der Waals surface area contributed by atoms with Gasteiger partial charge in [-0.05, 0) is 57.7 Å². The van der Waals surface area contributed by atoms with Gasteiger partial charge in [0.25, 0.3) is 0 Å². The SMILES string of the molecule is C[C@@H](Cc1ccccc1)OP1(=S)N(C)[C@@H]2CCCC[C@H]2N1C. The van der Waals surface area contributed by atoms with E-state index in [-0.39, 0.29) is 6.10 Å². The van der Waals surface area contributed by atoms with Crippen molar-refractivity contribution in [3.8, 4) is 0 Å². The van der Waals surface area contributed by atoms with Crippen LogP contribution in [0.1, 0.15) is 38.2 Å². The Hall–Kier alpha value is -0.250. The molecule has 1 saturated carbocycles. The third kappa shape index (κ3) is 3.05. The summed E-state index contributed by atoms with van der Waals surface area (Å²) < 4.78 is 11.3. The number of fused-ring (bicyclic) bond motifs is 1. The quantitative estimate of drug-likeness (QED) is 0.770. The maximum Gasteiger partial charge on any atom is 0.203 e. The van der Waals surface area contributed by atoms with Crippen LogP contribution < -0.4 is 0 Å². The summed E-state index contributed by atoms with van der Waals surface area (Å²) in [7, 11) is 4.37. The molecule has 22 heavy (non-hydrogen) atoms. The molecule has 5 heteroatoms. The van der Waals surface area contributed by atoms with Gasteiger partial charge in [0.2, 0.25) is 6.57 Å². The molecule has 3 rings (SSSR count). The van der Waals surface area contributed by atoms with Crippen LogP contribution in [0.2, 0.25) is 0 Å². The van der Waals surface area contributed by atoms with Crippen LogP contribution in [0.4, 0.5) is 0 Å². The van der Waals surface area contributed by atoms with E-state index in [0.29, 0.717) is 12.1 Å². The Bertz CT molecular complexity index is 531. The third-order valence-corrected chi connectivity index (χ3v) is 9.76. The molecule has 1 saturated heterocycles. The predicted molar refractivity (Wildman–Crippen MR) is 96.5 cm³/mol. The average molecular weight is 338 g/mol. The topological polar surface area (TPSA) is 15.7 Å². The summed E-state index contributed by atoms with van der Waals surface area (Å²) in [6.07, 6.45) is 6.26. The van der Waals surface area contributed by atoms with E-state index < -0.39 is 6.57 Å². The van der Waals surface area contributed by atoms with Crippen LogP contribution in [0, 0.1) is 0 Å². The fraction of sp³-hybridized carbons (Fsp3) is 0.647. The summed E-state index contributed by atoms with van der Waals surface area (Å²) in [6.45, 7) is 0.107. The molecule has 0 radical (unpaired) electrons.